The van der Waals surface area contributed by atoms with Gasteiger partial charge in [-0.05, 0) is 31.6 Å². The van der Waals surface area contributed by atoms with E-state index < -0.39 is 13.3 Å². The Labute approximate surface area is 109 Å². The van der Waals surface area contributed by atoms with Crippen molar-refractivity contribution in [1.82, 2.24) is 0 Å². The van der Waals surface area contributed by atoms with Gasteiger partial charge < -0.3 is 9.63 Å². The molecule has 0 heterocycles. The molecule has 4 nitrogen and oxygen atoms in total. The van der Waals surface area contributed by atoms with Gasteiger partial charge in [0.05, 0.1) is 12.8 Å². The van der Waals surface area contributed by atoms with E-state index in [1.54, 1.807) is 13.0 Å². The number of hydrogen-bond acceptors (Lipinski definition) is 3. The zero-order valence-corrected chi connectivity index (χ0v) is 12.3. The molecule has 0 aromatic carbocycles. The van der Waals surface area contributed by atoms with E-state index in [0.717, 1.165) is 12.8 Å². The monoisotopic (exact) mass is 274 g/mol. The first kappa shape index (κ1) is 15.5. The molecule has 1 aliphatic rings. The van der Waals surface area contributed by atoms with Crippen molar-refractivity contribution in [2.24, 2.45) is 11.8 Å². The Bertz CT molecular complexity index is 369. The minimum atomic E-state index is -2.86. The zero-order chi connectivity index (χ0) is 13.8. The van der Waals surface area contributed by atoms with Gasteiger partial charge in [0.1, 0.15) is 0 Å². The number of carboxylic acids is 1. The van der Waals surface area contributed by atoms with Gasteiger partial charge in [0.2, 0.25) is 7.37 Å². The Kier molecular flexibility index (Phi) is 5.61. The minimum absolute atomic E-state index is 0.0604. The summed E-state index contributed by atoms with van der Waals surface area (Å²) in [5.74, 6) is -0.367. The molecular weight excluding hydrogens is 251 g/mol. The van der Waals surface area contributed by atoms with Crippen LogP contribution in [0, 0.1) is 11.8 Å². The highest BCUT2D eigenvalue weighted by molar-refractivity contribution is 7.59. The zero-order valence-electron chi connectivity index (χ0n) is 11.4. The van der Waals surface area contributed by atoms with Crippen LogP contribution in [-0.4, -0.2) is 30.0 Å². The second-order valence-corrected chi connectivity index (χ2v) is 7.87. The molecule has 0 bridgehead atoms. The lowest BCUT2D eigenvalue weighted by molar-refractivity contribution is -0.132. The van der Waals surface area contributed by atoms with Crippen LogP contribution in [0.1, 0.15) is 33.6 Å². The van der Waals surface area contributed by atoms with Crippen molar-refractivity contribution in [1.29, 1.82) is 0 Å². The lowest BCUT2D eigenvalue weighted by Crippen LogP contribution is -2.12. The highest BCUT2D eigenvalue weighted by Crippen LogP contribution is 2.50. The van der Waals surface area contributed by atoms with Crippen molar-refractivity contribution in [2.75, 3.05) is 18.9 Å². The number of carbonyl (C=O) groups is 1. The van der Waals surface area contributed by atoms with Gasteiger partial charge in [-0.15, -0.1) is 0 Å². The summed E-state index contributed by atoms with van der Waals surface area (Å²) in [5.41, 5.74) is 0.259. The fraction of sp³-hybridized carbons (Fsp3) is 0.769. The van der Waals surface area contributed by atoms with Crippen molar-refractivity contribution in [3.05, 3.63) is 11.6 Å². The average Bonchev–Trinajstić information content (AvgIpc) is 2.99. The van der Waals surface area contributed by atoms with E-state index in [9.17, 15) is 14.5 Å². The molecular formula is C13H23O4P. The number of aliphatic carboxylic acids is 1. The molecule has 1 N–H and O–H groups in total. The summed E-state index contributed by atoms with van der Waals surface area (Å²) in [4.78, 5) is 11.2. The third-order valence-corrected chi connectivity index (χ3v) is 5.59. The second kappa shape index (κ2) is 6.53. The van der Waals surface area contributed by atoms with Crippen LogP contribution in [0.25, 0.3) is 0 Å². The van der Waals surface area contributed by atoms with E-state index in [0.29, 0.717) is 18.7 Å². The Balaban J connectivity index is 2.79. The third kappa shape index (κ3) is 5.36. The Morgan fingerprint density at radius 1 is 1.50 bits per heavy atom. The summed E-state index contributed by atoms with van der Waals surface area (Å²) in [7, 11) is -2.86. The van der Waals surface area contributed by atoms with Crippen molar-refractivity contribution < 1.29 is 19.0 Å². The van der Waals surface area contributed by atoms with Gasteiger partial charge in [-0.1, -0.05) is 19.9 Å². The Morgan fingerprint density at radius 2 is 2.11 bits per heavy atom. The first-order valence-corrected chi connectivity index (χ1v) is 8.52. The summed E-state index contributed by atoms with van der Waals surface area (Å²) in [6.45, 7) is 6.09. The summed E-state index contributed by atoms with van der Waals surface area (Å²) >= 11 is 0. The molecule has 0 aliphatic heterocycles. The predicted octanol–water partition coefficient (Wildman–Crippen LogP) is 3.38. The molecule has 1 fully saturated rings. The molecule has 5 heteroatoms. The normalized spacial score (nSPS) is 19.9. The molecule has 1 saturated carbocycles. The maximum atomic E-state index is 12.6. The van der Waals surface area contributed by atoms with Gasteiger partial charge in [-0.2, -0.15) is 0 Å². The van der Waals surface area contributed by atoms with Gasteiger partial charge in [-0.3, -0.25) is 4.57 Å². The molecule has 0 amide bonds. The SMILES string of the molecule is CCOP(=O)(C/C(=C\C1CC1)C(=O)O)CC(C)C. The fourth-order valence-corrected chi connectivity index (χ4v) is 4.62. The van der Waals surface area contributed by atoms with Crippen molar-refractivity contribution in [3.8, 4) is 0 Å². The van der Waals surface area contributed by atoms with Gasteiger partial charge in [0.25, 0.3) is 0 Å². The van der Waals surface area contributed by atoms with Crippen molar-refractivity contribution in [2.45, 2.75) is 33.6 Å². The standard InChI is InChI=1S/C13H23O4P/c1-4-17-18(16,8-10(2)3)9-12(13(14)15)7-11-5-6-11/h7,10-11H,4-6,8-9H2,1-3H3,(H,14,15)/b12-7+. The number of carboxylic acid groups (broad SMARTS) is 1. The third-order valence-electron chi connectivity index (χ3n) is 2.75. The molecule has 0 aromatic rings. The minimum Gasteiger partial charge on any atom is -0.478 e. The maximum Gasteiger partial charge on any atom is 0.331 e. The molecule has 1 atom stereocenters. The smallest absolute Gasteiger partial charge is 0.331 e. The van der Waals surface area contributed by atoms with Gasteiger partial charge in [0, 0.05) is 11.7 Å². The van der Waals surface area contributed by atoms with Crippen LogP contribution in [0.15, 0.2) is 11.6 Å². The van der Waals surface area contributed by atoms with E-state index >= 15 is 0 Å². The fourth-order valence-electron chi connectivity index (χ4n) is 1.95. The Hall–Kier alpha value is -0.600. The Morgan fingerprint density at radius 3 is 2.50 bits per heavy atom. The quantitative estimate of drug-likeness (QED) is 0.544. The molecule has 0 radical (unpaired) electrons. The molecule has 1 rings (SSSR count). The first-order chi connectivity index (χ1) is 8.36. The van der Waals surface area contributed by atoms with Gasteiger partial charge >= 0.3 is 5.97 Å². The van der Waals surface area contributed by atoms with E-state index in [4.69, 9.17) is 4.52 Å². The molecule has 0 spiro atoms. The average molecular weight is 274 g/mol. The van der Waals surface area contributed by atoms with Gasteiger partial charge in [0.15, 0.2) is 0 Å². The molecule has 104 valence electrons. The van der Waals surface area contributed by atoms with E-state index in [1.807, 2.05) is 13.8 Å². The van der Waals surface area contributed by atoms with Crippen LogP contribution < -0.4 is 0 Å². The molecule has 0 aromatic heterocycles. The largest absolute Gasteiger partial charge is 0.478 e. The lowest BCUT2D eigenvalue weighted by atomic mass is 10.2. The number of hydrogen-bond donors (Lipinski definition) is 1. The highest BCUT2D eigenvalue weighted by atomic mass is 31.2. The number of allylic oxidation sites excluding steroid dienone is 1. The summed E-state index contributed by atoms with van der Waals surface area (Å²) in [6, 6.07) is 0. The summed E-state index contributed by atoms with van der Waals surface area (Å²) in [5, 5.41) is 9.17. The van der Waals surface area contributed by atoms with Crippen molar-refractivity contribution in [3.63, 3.8) is 0 Å². The topological polar surface area (TPSA) is 63.6 Å². The summed E-state index contributed by atoms with van der Waals surface area (Å²) in [6.07, 6.45) is 4.34. The van der Waals surface area contributed by atoms with E-state index in [1.165, 1.54) is 0 Å². The van der Waals surface area contributed by atoms with Gasteiger partial charge in [-0.25, -0.2) is 4.79 Å². The van der Waals surface area contributed by atoms with Crippen LogP contribution in [0.5, 0.6) is 0 Å². The lowest BCUT2D eigenvalue weighted by Gasteiger charge is -2.20. The number of rotatable bonds is 8. The van der Waals surface area contributed by atoms with E-state index in [2.05, 4.69) is 0 Å². The van der Waals surface area contributed by atoms with Crippen LogP contribution in [0.3, 0.4) is 0 Å². The van der Waals surface area contributed by atoms with E-state index in [-0.39, 0.29) is 17.7 Å². The van der Waals surface area contributed by atoms with Crippen LogP contribution in [-0.2, 0) is 13.9 Å². The van der Waals surface area contributed by atoms with Crippen LogP contribution >= 0.6 is 7.37 Å². The summed E-state index contributed by atoms with van der Waals surface area (Å²) < 4.78 is 18.0. The highest BCUT2D eigenvalue weighted by Gasteiger charge is 2.30. The second-order valence-electron chi connectivity index (χ2n) is 5.30. The first-order valence-electron chi connectivity index (χ1n) is 6.53. The molecule has 1 aliphatic carbocycles. The predicted molar refractivity (Wildman–Crippen MR) is 72.2 cm³/mol. The molecule has 1 unspecified atom stereocenters. The maximum absolute atomic E-state index is 12.6. The van der Waals surface area contributed by atoms with Crippen LogP contribution in [0.4, 0.5) is 0 Å². The molecule has 18 heavy (non-hydrogen) atoms. The van der Waals surface area contributed by atoms with Crippen molar-refractivity contribution >= 4 is 13.3 Å². The molecule has 0 saturated heterocycles. The van der Waals surface area contributed by atoms with Crippen LogP contribution in [0.2, 0.25) is 0 Å².